The number of amides is 1. The number of nitrogens with zero attached hydrogens (tertiary/aromatic N) is 1. The van der Waals surface area contributed by atoms with Crippen LogP contribution in [0.15, 0.2) is 24.3 Å². The average molecular weight is 343 g/mol. The lowest BCUT2D eigenvalue weighted by atomic mass is 9.89. The highest BCUT2D eigenvalue weighted by Crippen LogP contribution is 2.59. The summed E-state index contributed by atoms with van der Waals surface area (Å²) in [5.41, 5.74) is 1.54. The van der Waals surface area contributed by atoms with Gasteiger partial charge in [0, 0.05) is 32.2 Å². The molecule has 2 saturated heterocycles. The number of piperidine rings is 1. The number of carbonyl (C=O) groups is 1. The molecule has 4 heteroatoms. The minimum Gasteiger partial charge on any atom is -0.496 e. The lowest BCUT2D eigenvalue weighted by Gasteiger charge is -2.34. The molecule has 3 fully saturated rings. The van der Waals surface area contributed by atoms with Crippen LogP contribution in [0.2, 0.25) is 0 Å². The van der Waals surface area contributed by atoms with E-state index in [0.29, 0.717) is 11.8 Å². The van der Waals surface area contributed by atoms with Crippen molar-refractivity contribution in [3.63, 3.8) is 0 Å². The molecule has 1 spiro atoms. The highest BCUT2D eigenvalue weighted by Gasteiger charge is 2.59. The lowest BCUT2D eigenvalue weighted by molar-refractivity contribution is -0.135. The van der Waals surface area contributed by atoms with E-state index >= 15 is 0 Å². The van der Waals surface area contributed by atoms with Gasteiger partial charge in [-0.25, -0.2) is 0 Å². The van der Waals surface area contributed by atoms with Gasteiger partial charge in [-0.2, -0.15) is 0 Å². The first-order valence-corrected chi connectivity index (χ1v) is 9.70. The molecule has 1 aromatic carbocycles. The number of benzene rings is 1. The first kappa shape index (κ1) is 16.9. The van der Waals surface area contributed by atoms with E-state index in [9.17, 15) is 4.79 Å². The van der Waals surface area contributed by atoms with Crippen LogP contribution >= 0.6 is 0 Å². The first-order valence-electron chi connectivity index (χ1n) is 9.70. The van der Waals surface area contributed by atoms with E-state index in [2.05, 4.69) is 17.0 Å². The Morgan fingerprint density at radius 1 is 1.32 bits per heavy atom. The fraction of sp³-hybridized carbons (Fsp3) is 0.667. The highest BCUT2D eigenvalue weighted by molar-refractivity contribution is 5.82. The van der Waals surface area contributed by atoms with Crippen LogP contribution in [-0.2, 0) is 16.0 Å². The molecule has 1 amide bonds. The molecular formula is C21H29NO3. The summed E-state index contributed by atoms with van der Waals surface area (Å²) in [5, 5.41) is 0. The van der Waals surface area contributed by atoms with Crippen molar-refractivity contribution in [2.75, 3.05) is 33.4 Å². The number of ether oxygens (including phenoxy) is 2. The van der Waals surface area contributed by atoms with Gasteiger partial charge in [0.2, 0.25) is 5.91 Å². The van der Waals surface area contributed by atoms with E-state index < -0.39 is 0 Å². The Labute approximate surface area is 150 Å². The number of carbonyl (C=O) groups excluding carboxylic acids is 1. The SMILES string of the molecule is COc1ccccc1C[C@H]1CCCN(C(=O)[C@@H]2CC23CCOCC3)C1. The second-order valence-corrected chi connectivity index (χ2v) is 8.04. The number of para-hydroxylation sites is 1. The molecule has 4 nitrogen and oxygen atoms in total. The Hall–Kier alpha value is -1.55. The minimum absolute atomic E-state index is 0.265. The largest absolute Gasteiger partial charge is 0.496 e. The van der Waals surface area contributed by atoms with Crippen LogP contribution in [0.3, 0.4) is 0 Å². The number of likely N-dealkylation sites (tertiary alicyclic amines) is 1. The third kappa shape index (κ3) is 3.41. The molecule has 3 aliphatic rings. The molecule has 0 aromatic heterocycles. The third-order valence-corrected chi connectivity index (χ3v) is 6.51. The Morgan fingerprint density at radius 3 is 2.92 bits per heavy atom. The molecule has 0 bridgehead atoms. The van der Waals surface area contributed by atoms with Crippen molar-refractivity contribution in [2.45, 2.75) is 38.5 Å². The van der Waals surface area contributed by atoms with Gasteiger partial charge in [0.15, 0.2) is 0 Å². The number of hydrogen-bond acceptors (Lipinski definition) is 3. The Bertz CT molecular complexity index is 623. The molecule has 1 saturated carbocycles. The second-order valence-electron chi connectivity index (χ2n) is 8.04. The van der Waals surface area contributed by atoms with Crippen molar-refractivity contribution < 1.29 is 14.3 Å². The zero-order valence-electron chi connectivity index (χ0n) is 15.2. The van der Waals surface area contributed by atoms with Crippen LogP contribution in [0.1, 0.15) is 37.7 Å². The van der Waals surface area contributed by atoms with Gasteiger partial charge in [-0.1, -0.05) is 18.2 Å². The maximum absolute atomic E-state index is 13.0. The molecule has 0 radical (unpaired) electrons. The zero-order valence-corrected chi connectivity index (χ0v) is 15.2. The standard InChI is InChI=1S/C21H29NO3/c1-24-19-7-3-2-6-17(19)13-16-5-4-10-22(15-16)20(23)18-14-21(18)8-11-25-12-9-21/h2-3,6-7,16,18H,4-5,8-15H2,1H3/t16-,18+/m1/s1. The summed E-state index contributed by atoms with van der Waals surface area (Å²) in [5.74, 6) is 2.18. The summed E-state index contributed by atoms with van der Waals surface area (Å²) >= 11 is 0. The minimum atomic E-state index is 0.265. The number of methoxy groups -OCH3 is 1. The van der Waals surface area contributed by atoms with Gasteiger partial charge in [-0.15, -0.1) is 0 Å². The van der Waals surface area contributed by atoms with Crippen molar-refractivity contribution in [3.05, 3.63) is 29.8 Å². The van der Waals surface area contributed by atoms with Crippen molar-refractivity contribution in [3.8, 4) is 5.75 Å². The summed E-state index contributed by atoms with van der Waals surface area (Å²) in [7, 11) is 1.73. The molecule has 1 aliphatic carbocycles. The highest BCUT2D eigenvalue weighted by atomic mass is 16.5. The fourth-order valence-corrected chi connectivity index (χ4v) is 4.86. The zero-order chi connectivity index (χ0) is 17.3. The van der Waals surface area contributed by atoms with Gasteiger partial charge in [-0.3, -0.25) is 4.79 Å². The Morgan fingerprint density at radius 2 is 2.12 bits per heavy atom. The van der Waals surface area contributed by atoms with E-state index in [-0.39, 0.29) is 11.3 Å². The maximum atomic E-state index is 13.0. The van der Waals surface area contributed by atoms with E-state index in [0.717, 1.165) is 64.2 Å². The summed E-state index contributed by atoms with van der Waals surface area (Å²) in [6, 6.07) is 8.26. The topological polar surface area (TPSA) is 38.8 Å². The Kier molecular flexibility index (Phi) is 4.72. The number of rotatable bonds is 4. The van der Waals surface area contributed by atoms with Crippen LogP contribution in [0.5, 0.6) is 5.75 Å². The third-order valence-electron chi connectivity index (χ3n) is 6.51. The normalized spacial score (nSPS) is 28.0. The maximum Gasteiger partial charge on any atom is 0.226 e. The van der Waals surface area contributed by atoms with Crippen LogP contribution in [0.25, 0.3) is 0 Å². The van der Waals surface area contributed by atoms with E-state index in [1.54, 1.807) is 7.11 Å². The quantitative estimate of drug-likeness (QED) is 0.842. The molecule has 0 unspecified atom stereocenters. The smallest absolute Gasteiger partial charge is 0.226 e. The van der Waals surface area contributed by atoms with Gasteiger partial charge >= 0.3 is 0 Å². The van der Waals surface area contributed by atoms with Crippen molar-refractivity contribution in [1.82, 2.24) is 4.90 Å². The van der Waals surface area contributed by atoms with Gasteiger partial charge in [-0.05, 0) is 61.5 Å². The van der Waals surface area contributed by atoms with E-state index in [1.165, 1.54) is 12.0 Å². The molecule has 2 atom stereocenters. The Balaban J connectivity index is 1.37. The van der Waals surface area contributed by atoms with Crippen LogP contribution < -0.4 is 4.74 Å². The lowest BCUT2D eigenvalue weighted by Crippen LogP contribution is -2.42. The first-order chi connectivity index (χ1) is 12.2. The van der Waals surface area contributed by atoms with Crippen LogP contribution in [0, 0.1) is 17.3 Å². The summed E-state index contributed by atoms with van der Waals surface area (Å²) in [6.45, 7) is 3.50. The van der Waals surface area contributed by atoms with Crippen molar-refractivity contribution in [1.29, 1.82) is 0 Å². The van der Waals surface area contributed by atoms with Crippen LogP contribution in [0.4, 0.5) is 0 Å². The monoisotopic (exact) mass is 343 g/mol. The molecule has 4 rings (SSSR count). The van der Waals surface area contributed by atoms with E-state index in [4.69, 9.17) is 9.47 Å². The van der Waals surface area contributed by atoms with Crippen molar-refractivity contribution in [2.24, 2.45) is 17.3 Å². The van der Waals surface area contributed by atoms with E-state index in [1.807, 2.05) is 12.1 Å². The predicted molar refractivity (Wildman–Crippen MR) is 96.6 cm³/mol. The van der Waals surface area contributed by atoms with Gasteiger partial charge in [0.05, 0.1) is 7.11 Å². The predicted octanol–water partition coefficient (Wildman–Crippen LogP) is 3.29. The second kappa shape index (κ2) is 6.99. The molecule has 0 N–H and O–H groups in total. The van der Waals surface area contributed by atoms with Crippen molar-refractivity contribution >= 4 is 5.91 Å². The number of hydrogen-bond donors (Lipinski definition) is 0. The molecule has 1 aromatic rings. The summed E-state index contributed by atoms with van der Waals surface area (Å²) in [4.78, 5) is 15.2. The van der Waals surface area contributed by atoms with Gasteiger partial charge in [0.25, 0.3) is 0 Å². The molecule has 136 valence electrons. The van der Waals surface area contributed by atoms with Gasteiger partial charge < -0.3 is 14.4 Å². The molecule has 25 heavy (non-hydrogen) atoms. The van der Waals surface area contributed by atoms with Gasteiger partial charge in [0.1, 0.15) is 5.75 Å². The molecular weight excluding hydrogens is 314 g/mol. The fourth-order valence-electron chi connectivity index (χ4n) is 4.86. The van der Waals surface area contributed by atoms with Crippen LogP contribution in [-0.4, -0.2) is 44.2 Å². The molecule has 2 aliphatic heterocycles. The summed E-state index contributed by atoms with van der Waals surface area (Å²) < 4.78 is 11.0. The summed E-state index contributed by atoms with van der Waals surface area (Å²) in [6.07, 6.45) is 6.55. The average Bonchev–Trinajstić information content (AvgIpc) is 3.35. The molecule has 2 heterocycles.